The van der Waals surface area contributed by atoms with Gasteiger partial charge >= 0.3 is 5.97 Å². The summed E-state index contributed by atoms with van der Waals surface area (Å²) in [7, 11) is 0. The van der Waals surface area contributed by atoms with Gasteiger partial charge in [0.05, 0.1) is 24.3 Å². The van der Waals surface area contributed by atoms with Gasteiger partial charge in [0, 0.05) is 5.02 Å². The van der Waals surface area contributed by atoms with Crippen LogP contribution in [0.1, 0.15) is 17.4 Å². The lowest BCUT2D eigenvalue weighted by molar-refractivity contribution is -0.148. The van der Waals surface area contributed by atoms with E-state index in [2.05, 4.69) is 15.5 Å². The average Bonchev–Trinajstić information content (AvgIpc) is 3.57. The standard InChI is InChI=1S/C23H18ClN5O4/c24-14-6-8-15(9-7-14)29-20(25-26-27-29)19(13-4-2-1-3-5-13)28-12-23-11-10-16(33-23)17(22(31)32)18(23)21(28)30/h1-11,16-19H,12H2,(H,31,32)/t16-,17+,18-,19+,23-/m1/s1. The minimum absolute atomic E-state index is 0.209. The van der Waals surface area contributed by atoms with Crippen molar-refractivity contribution < 1.29 is 19.4 Å². The van der Waals surface area contributed by atoms with E-state index < -0.39 is 35.6 Å². The Labute approximate surface area is 193 Å². The second kappa shape index (κ2) is 7.23. The highest BCUT2D eigenvalue weighted by molar-refractivity contribution is 6.30. The number of carbonyl (C=O) groups excluding carboxylic acids is 1. The third-order valence-corrected chi connectivity index (χ3v) is 6.90. The van der Waals surface area contributed by atoms with Crippen LogP contribution in [0.25, 0.3) is 5.69 Å². The number of carboxylic acid groups (broad SMARTS) is 1. The lowest BCUT2D eigenvalue weighted by Crippen LogP contribution is -2.39. The summed E-state index contributed by atoms with van der Waals surface area (Å²) in [5.41, 5.74) is 0.527. The molecule has 3 aliphatic heterocycles. The predicted octanol–water partition coefficient (Wildman–Crippen LogP) is 2.27. The minimum Gasteiger partial charge on any atom is -0.481 e. The van der Waals surface area contributed by atoms with Crippen LogP contribution in [-0.4, -0.2) is 60.3 Å². The largest absolute Gasteiger partial charge is 0.481 e. The van der Waals surface area contributed by atoms with Crippen LogP contribution < -0.4 is 0 Å². The van der Waals surface area contributed by atoms with Crippen molar-refractivity contribution in [3.8, 4) is 5.69 Å². The zero-order valence-electron chi connectivity index (χ0n) is 17.2. The van der Waals surface area contributed by atoms with Gasteiger partial charge in [-0.05, 0) is 40.3 Å². The van der Waals surface area contributed by atoms with Crippen molar-refractivity contribution in [2.24, 2.45) is 11.8 Å². The molecule has 4 heterocycles. The molecule has 1 amide bonds. The molecule has 1 aromatic heterocycles. The van der Waals surface area contributed by atoms with Crippen LogP contribution in [0.15, 0.2) is 66.7 Å². The molecule has 1 N–H and O–H groups in total. The van der Waals surface area contributed by atoms with E-state index in [0.717, 1.165) is 5.56 Å². The first-order valence-electron chi connectivity index (χ1n) is 10.5. The van der Waals surface area contributed by atoms with Gasteiger partial charge in [-0.3, -0.25) is 9.59 Å². The van der Waals surface area contributed by atoms with Crippen molar-refractivity contribution in [1.82, 2.24) is 25.1 Å². The van der Waals surface area contributed by atoms with E-state index in [-0.39, 0.29) is 12.5 Å². The van der Waals surface area contributed by atoms with E-state index in [9.17, 15) is 14.7 Å². The van der Waals surface area contributed by atoms with Crippen molar-refractivity contribution in [3.05, 3.63) is 83.2 Å². The highest BCUT2D eigenvalue weighted by Crippen LogP contribution is 2.53. The van der Waals surface area contributed by atoms with Gasteiger partial charge in [0.25, 0.3) is 0 Å². The molecule has 10 heteroatoms. The highest BCUT2D eigenvalue weighted by atomic mass is 35.5. The van der Waals surface area contributed by atoms with Gasteiger partial charge in [0.15, 0.2) is 5.82 Å². The number of nitrogens with zero attached hydrogens (tertiary/aromatic N) is 5. The van der Waals surface area contributed by atoms with E-state index in [4.69, 9.17) is 16.3 Å². The number of aliphatic carboxylic acids is 1. The number of halogens is 1. The smallest absolute Gasteiger partial charge is 0.310 e. The topological polar surface area (TPSA) is 110 Å². The number of benzene rings is 2. The number of tetrazole rings is 1. The number of hydrogen-bond acceptors (Lipinski definition) is 6. The quantitative estimate of drug-likeness (QED) is 0.578. The fourth-order valence-corrected chi connectivity index (χ4v) is 5.39. The molecule has 0 aliphatic carbocycles. The Morgan fingerprint density at radius 2 is 1.94 bits per heavy atom. The van der Waals surface area contributed by atoms with Crippen molar-refractivity contribution >= 4 is 23.5 Å². The molecule has 3 aliphatic rings. The normalized spacial score (nSPS) is 28.3. The van der Waals surface area contributed by atoms with Crippen LogP contribution >= 0.6 is 11.6 Å². The molecule has 2 saturated heterocycles. The molecule has 1 spiro atoms. The third-order valence-electron chi connectivity index (χ3n) is 6.65. The van der Waals surface area contributed by atoms with Gasteiger partial charge in [-0.1, -0.05) is 54.1 Å². The van der Waals surface area contributed by atoms with Crippen molar-refractivity contribution in [2.75, 3.05) is 6.54 Å². The molecule has 33 heavy (non-hydrogen) atoms. The Hall–Kier alpha value is -3.56. The monoisotopic (exact) mass is 463 g/mol. The first-order valence-corrected chi connectivity index (χ1v) is 10.9. The summed E-state index contributed by atoms with van der Waals surface area (Å²) in [5, 5.41) is 22.7. The number of hydrogen-bond donors (Lipinski definition) is 1. The lowest BCUT2D eigenvalue weighted by atomic mass is 9.77. The van der Waals surface area contributed by atoms with Gasteiger partial charge in [-0.25, -0.2) is 0 Å². The molecule has 2 aromatic carbocycles. The Bertz CT molecular complexity index is 1280. The molecule has 3 aromatic rings. The maximum atomic E-state index is 13.7. The Morgan fingerprint density at radius 3 is 2.67 bits per heavy atom. The number of carbonyl (C=O) groups is 2. The zero-order valence-corrected chi connectivity index (χ0v) is 17.9. The van der Waals surface area contributed by atoms with Crippen LogP contribution in [-0.2, 0) is 14.3 Å². The van der Waals surface area contributed by atoms with Crippen molar-refractivity contribution in [3.63, 3.8) is 0 Å². The summed E-state index contributed by atoms with van der Waals surface area (Å²) < 4.78 is 7.63. The van der Waals surface area contributed by atoms with Crippen molar-refractivity contribution in [1.29, 1.82) is 0 Å². The van der Waals surface area contributed by atoms with Gasteiger partial charge in [0.1, 0.15) is 17.6 Å². The maximum absolute atomic E-state index is 13.7. The van der Waals surface area contributed by atoms with Crippen LogP contribution in [0.5, 0.6) is 0 Å². The fraction of sp³-hybridized carbons (Fsp3) is 0.261. The molecule has 0 radical (unpaired) electrons. The van der Waals surface area contributed by atoms with E-state index in [1.165, 1.54) is 0 Å². The predicted molar refractivity (Wildman–Crippen MR) is 116 cm³/mol. The molecule has 0 unspecified atom stereocenters. The second-order valence-electron chi connectivity index (χ2n) is 8.44. The van der Waals surface area contributed by atoms with E-state index in [1.54, 1.807) is 39.9 Å². The maximum Gasteiger partial charge on any atom is 0.310 e. The van der Waals surface area contributed by atoms with Gasteiger partial charge in [0.2, 0.25) is 5.91 Å². The first kappa shape index (κ1) is 20.1. The van der Waals surface area contributed by atoms with Crippen LogP contribution in [0.4, 0.5) is 0 Å². The number of carboxylic acids is 1. The Balaban J connectivity index is 1.47. The van der Waals surface area contributed by atoms with E-state index >= 15 is 0 Å². The fourth-order valence-electron chi connectivity index (χ4n) is 5.26. The molecular formula is C23H18ClN5O4. The number of rotatable bonds is 5. The van der Waals surface area contributed by atoms with Crippen LogP contribution in [0.3, 0.4) is 0 Å². The zero-order chi connectivity index (χ0) is 22.7. The minimum atomic E-state index is -1.03. The summed E-state index contributed by atoms with van der Waals surface area (Å²) in [5.74, 6) is -2.60. The summed E-state index contributed by atoms with van der Waals surface area (Å²) in [6.07, 6.45) is 3.00. The molecule has 2 fully saturated rings. The number of aromatic nitrogens is 4. The Morgan fingerprint density at radius 1 is 1.18 bits per heavy atom. The number of ether oxygens (including phenoxy) is 1. The average molecular weight is 464 g/mol. The molecule has 166 valence electrons. The van der Waals surface area contributed by atoms with Crippen LogP contribution in [0, 0.1) is 11.8 Å². The van der Waals surface area contributed by atoms with Gasteiger partial charge < -0.3 is 14.7 Å². The number of likely N-dealkylation sites (tertiary alicyclic amines) is 1. The lowest BCUT2D eigenvalue weighted by Gasteiger charge is -2.29. The summed E-state index contributed by atoms with van der Waals surface area (Å²) in [6, 6.07) is 15.8. The third kappa shape index (κ3) is 2.93. The summed E-state index contributed by atoms with van der Waals surface area (Å²) in [4.78, 5) is 27.4. The number of amides is 1. The SMILES string of the molecule is O=C(O)[C@H]1[C@H]2C=C[C@]3(CN([C@@H](c4ccccc4)c4nnnn4-c4ccc(Cl)cc4)C(=O)[C@@H]13)O2. The molecule has 5 atom stereocenters. The molecule has 2 bridgehead atoms. The van der Waals surface area contributed by atoms with E-state index in [0.29, 0.717) is 16.5 Å². The molecule has 6 rings (SSSR count). The van der Waals surface area contributed by atoms with Gasteiger partial charge in [-0.15, -0.1) is 5.10 Å². The second-order valence-corrected chi connectivity index (χ2v) is 8.88. The summed E-state index contributed by atoms with van der Waals surface area (Å²) >= 11 is 6.04. The Kier molecular flexibility index (Phi) is 4.40. The molecule has 9 nitrogen and oxygen atoms in total. The molecule has 0 saturated carbocycles. The number of fused-ring (bicyclic) bond motifs is 1. The van der Waals surface area contributed by atoms with Gasteiger partial charge in [-0.2, -0.15) is 4.68 Å². The van der Waals surface area contributed by atoms with Crippen molar-refractivity contribution in [2.45, 2.75) is 17.7 Å². The highest BCUT2D eigenvalue weighted by Gasteiger charge is 2.68. The summed E-state index contributed by atoms with van der Waals surface area (Å²) in [6.45, 7) is 0.209. The first-order chi connectivity index (χ1) is 16.0. The molecular weight excluding hydrogens is 446 g/mol. The van der Waals surface area contributed by atoms with E-state index in [1.807, 2.05) is 36.4 Å². The van der Waals surface area contributed by atoms with Crippen LogP contribution in [0.2, 0.25) is 5.02 Å².